The van der Waals surface area contributed by atoms with E-state index in [1.54, 1.807) is 0 Å². The lowest BCUT2D eigenvalue weighted by molar-refractivity contribution is -0.142. The number of hydrogen-bond donors (Lipinski definition) is 1. The van der Waals surface area contributed by atoms with Gasteiger partial charge in [0.1, 0.15) is 12.6 Å². The molecule has 1 atom stereocenters. The number of nitrogens with one attached hydrogen (secondary N) is 1. The van der Waals surface area contributed by atoms with Crippen LogP contribution >= 0.6 is 0 Å². The first-order valence-electron chi connectivity index (χ1n) is 7.24. The van der Waals surface area contributed by atoms with Crippen molar-refractivity contribution in [2.75, 3.05) is 13.7 Å². The summed E-state index contributed by atoms with van der Waals surface area (Å²) in [5, 5.41) is 6.01. The molecule has 124 valence electrons. The van der Waals surface area contributed by atoms with Crippen molar-refractivity contribution in [1.82, 2.24) is 5.32 Å². The van der Waals surface area contributed by atoms with Gasteiger partial charge >= 0.3 is 12.1 Å². The molecule has 1 N–H and O–H groups in total. The van der Waals surface area contributed by atoms with Crippen LogP contribution in [0.1, 0.15) is 24.8 Å². The van der Waals surface area contributed by atoms with E-state index >= 15 is 0 Å². The zero-order valence-electron chi connectivity index (χ0n) is 13.0. The largest absolute Gasteiger partial charge is 0.469 e. The lowest BCUT2D eigenvalue weighted by Crippen LogP contribution is -2.25. The van der Waals surface area contributed by atoms with E-state index in [1.165, 1.54) is 7.11 Å². The van der Waals surface area contributed by atoms with E-state index in [-0.39, 0.29) is 6.61 Å². The van der Waals surface area contributed by atoms with Gasteiger partial charge in [-0.3, -0.25) is 4.79 Å². The van der Waals surface area contributed by atoms with Crippen molar-refractivity contribution >= 4 is 12.1 Å². The molecular formula is C15H20N4O4. The van der Waals surface area contributed by atoms with Crippen LogP contribution < -0.4 is 5.32 Å². The Bertz CT molecular complexity index is 544. The number of benzene rings is 1. The summed E-state index contributed by atoms with van der Waals surface area (Å²) in [7, 11) is 1.24. The molecule has 0 unspecified atom stereocenters. The first-order chi connectivity index (χ1) is 11.2. The molecule has 23 heavy (non-hydrogen) atoms. The number of esters is 1. The molecule has 1 rings (SSSR count). The van der Waals surface area contributed by atoms with Crippen LogP contribution in [0, 0.1) is 0 Å². The summed E-state index contributed by atoms with van der Waals surface area (Å²) in [5.41, 5.74) is 9.30. The monoisotopic (exact) mass is 320 g/mol. The van der Waals surface area contributed by atoms with E-state index in [0.717, 1.165) is 5.56 Å². The second-order valence-corrected chi connectivity index (χ2v) is 4.73. The minimum absolute atomic E-state index is 0.216. The number of unbranched alkanes of at least 4 members (excludes halogenated alkanes) is 1. The van der Waals surface area contributed by atoms with Crippen molar-refractivity contribution < 1.29 is 19.1 Å². The number of alkyl carbamates (subject to hydrolysis) is 1. The Morgan fingerprint density at radius 2 is 2.04 bits per heavy atom. The molecule has 0 saturated heterocycles. The highest BCUT2D eigenvalue weighted by molar-refractivity contribution is 5.75. The first kappa shape index (κ1) is 18.3. The van der Waals surface area contributed by atoms with Gasteiger partial charge in [0.25, 0.3) is 0 Å². The van der Waals surface area contributed by atoms with Crippen molar-refractivity contribution in [2.24, 2.45) is 5.11 Å². The summed E-state index contributed by atoms with van der Waals surface area (Å²) in [5.74, 6) is -0.557. The number of hydrogen-bond acceptors (Lipinski definition) is 5. The Labute approximate surface area is 134 Å². The van der Waals surface area contributed by atoms with Gasteiger partial charge in [0.2, 0.25) is 0 Å². The van der Waals surface area contributed by atoms with Crippen LogP contribution in [0.5, 0.6) is 0 Å². The molecule has 0 aliphatic rings. The minimum Gasteiger partial charge on any atom is -0.469 e. The molecular weight excluding hydrogens is 300 g/mol. The number of azide groups is 1. The number of amides is 1. The molecule has 1 aromatic carbocycles. The highest BCUT2D eigenvalue weighted by Crippen LogP contribution is 2.07. The Kier molecular flexibility index (Phi) is 8.70. The predicted octanol–water partition coefficient (Wildman–Crippen LogP) is 2.94. The van der Waals surface area contributed by atoms with Crippen molar-refractivity contribution in [1.29, 1.82) is 0 Å². The van der Waals surface area contributed by atoms with Gasteiger partial charge in [0.05, 0.1) is 7.11 Å². The van der Waals surface area contributed by atoms with Crippen molar-refractivity contribution in [3.63, 3.8) is 0 Å². The average Bonchev–Trinajstić information content (AvgIpc) is 2.59. The predicted molar refractivity (Wildman–Crippen MR) is 83.4 cm³/mol. The first-order valence-corrected chi connectivity index (χ1v) is 7.24. The summed E-state index contributed by atoms with van der Waals surface area (Å²) in [6.45, 7) is 0.631. The zero-order valence-corrected chi connectivity index (χ0v) is 13.0. The molecule has 8 heteroatoms. The molecule has 0 bridgehead atoms. The molecule has 0 aliphatic heterocycles. The van der Waals surface area contributed by atoms with Gasteiger partial charge in [0.15, 0.2) is 0 Å². The summed E-state index contributed by atoms with van der Waals surface area (Å²) in [6, 6.07) is 8.55. The van der Waals surface area contributed by atoms with Crippen LogP contribution in [0.3, 0.4) is 0 Å². The van der Waals surface area contributed by atoms with Gasteiger partial charge in [-0.1, -0.05) is 41.9 Å². The second-order valence-electron chi connectivity index (χ2n) is 4.73. The van der Waals surface area contributed by atoms with Gasteiger partial charge in [-0.05, 0) is 23.9 Å². The summed E-state index contributed by atoms with van der Waals surface area (Å²) in [6.07, 6.45) is 1.12. The molecule has 0 aliphatic carbocycles. The fraction of sp³-hybridized carbons (Fsp3) is 0.467. The number of ether oxygens (including phenoxy) is 2. The Balaban J connectivity index is 2.15. The molecule has 8 nitrogen and oxygen atoms in total. The maximum Gasteiger partial charge on any atom is 0.407 e. The lowest BCUT2D eigenvalue weighted by atomic mass is 10.1. The van der Waals surface area contributed by atoms with Crippen LogP contribution in [0.4, 0.5) is 4.79 Å². The number of carbonyl (C=O) groups excluding carboxylic acids is 2. The second kappa shape index (κ2) is 10.9. The smallest absolute Gasteiger partial charge is 0.407 e. The summed E-state index contributed by atoms with van der Waals surface area (Å²) >= 11 is 0. The third kappa shape index (κ3) is 7.73. The van der Waals surface area contributed by atoms with E-state index in [2.05, 4.69) is 20.1 Å². The molecule has 0 radical (unpaired) electrons. The van der Waals surface area contributed by atoms with Crippen molar-refractivity contribution in [3.8, 4) is 0 Å². The minimum atomic E-state index is -0.824. The van der Waals surface area contributed by atoms with E-state index in [1.807, 2.05) is 30.3 Å². The average molecular weight is 320 g/mol. The topological polar surface area (TPSA) is 113 Å². The molecule has 0 spiro atoms. The summed E-state index contributed by atoms with van der Waals surface area (Å²) in [4.78, 5) is 25.4. The molecule has 1 aromatic rings. The van der Waals surface area contributed by atoms with E-state index in [0.29, 0.717) is 25.8 Å². The maximum absolute atomic E-state index is 11.5. The maximum atomic E-state index is 11.5. The third-order valence-corrected chi connectivity index (χ3v) is 3.05. The molecule has 0 heterocycles. The van der Waals surface area contributed by atoms with Gasteiger partial charge in [0, 0.05) is 11.5 Å². The number of carbonyl (C=O) groups is 2. The molecule has 1 amide bonds. The highest BCUT2D eigenvalue weighted by atomic mass is 16.5. The molecule has 0 aromatic heterocycles. The van der Waals surface area contributed by atoms with Crippen LogP contribution in [0.15, 0.2) is 35.4 Å². The number of methoxy groups -OCH3 is 1. The van der Waals surface area contributed by atoms with Crippen molar-refractivity contribution in [3.05, 3.63) is 46.3 Å². The Morgan fingerprint density at radius 1 is 1.30 bits per heavy atom. The van der Waals surface area contributed by atoms with Gasteiger partial charge in [-0.15, -0.1) is 0 Å². The van der Waals surface area contributed by atoms with Gasteiger partial charge < -0.3 is 14.8 Å². The molecule has 0 saturated carbocycles. The highest BCUT2D eigenvalue weighted by Gasteiger charge is 2.16. The SMILES string of the molecule is COC(=O)[C@H](CCCCNC(=O)OCc1ccccc1)N=[N+]=[N-]. The Hall–Kier alpha value is -2.73. The Morgan fingerprint density at radius 3 is 2.70 bits per heavy atom. The van der Waals surface area contributed by atoms with Crippen LogP contribution in [0.25, 0.3) is 10.4 Å². The van der Waals surface area contributed by atoms with Crippen LogP contribution in [-0.2, 0) is 20.9 Å². The fourth-order valence-electron chi connectivity index (χ4n) is 1.85. The summed E-state index contributed by atoms with van der Waals surface area (Å²) < 4.78 is 9.60. The number of rotatable bonds is 9. The normalized spacial score (nSPS) is 11.0. The lowest BCUT2D eigenvalue weighted by Gasteiger charge is -2.09. The number of nitrogens with zero attached hydrogens (tertiary/aromatic N) is 3. The molecule has 0 fully saturated rings. The van der Waals surface area contributed by atoms with Crippen molar-refractivity contribution in [2.45, 2.75) is 31.9 Å². The third-order valence-electron chi connectivity index (χ3n) is 3.05. The van der Waals surface area contributed by atoms with Crippen LogP contribution in [-0.4, -0.2) is 31.8 Å². The van der Waals surface area contributed by atoms with E-state index in [9.17, 15) is 9.59 Å². The quantitative estimate of drug-likeness (QED) is 0.248. The van der Waals surface area contributed by atoms with Crippen LogP contribution in [0.2, 0.25) is 0 Å². The van der Waals surface area contributed by atoms with E-state index < -0.39 is 18.1 Å². The van der Waals surface area contributed by atoms with E-state index in [4.69, 9.17) is 10.3 Å². The van der Waals surface area contributed by atoms with Gasteiger partial charge in [-0.25, -0.2) is 4.79 Å². The van der Waals surface area contributed by atoms with Gasteiger partial charge in [-0.2, -0.15) is 0 Å². The zero-order chi connectivity index (χ0) is 16.9. The standard InChI is InChI=1S/C15H20N4O4/c1-22-14(20)13(18-19-16)9-5-6-10-17-15(21)23-11-12-7-3-2-4-8-12/h2-4,7-8,13H,5-6,9-11H2,1H3,(H,17,21)/t13-/m0/s1. The fourth-order valence-corrected chi connectivity index (χ4v) is 1.85.